The number of nitrogens with zero attached hydrogens (tertiary/aromatic N) is 3. The fraction of sp³-hybridized carbons (Fsp3) is 0.263. The maximum atomic E-state index is 12.4. The summed E-state index contributed by atoms with van der Waals surface area (Å²) >= 11 is 6.10. The van der Waals surface area contributed by atoms with E-state index in [4.69, 9.17) is 11.6 Å². The highest BCUT2D eigenvalue weighted by molar-refractivity contribution is 7.61. The largest absolute Gasteiger partial charge is 0.326 e. The Kier molecular flexibility index (Phi) is 5.15. The first-order valence-electron chi connectivity index (χ1n) is 8.83. The minimum Gasteiger partial charge on any atom is -0.326 e. The Morgan fingerprint density at radius 2 is 2.07 bits per heavy atom. The number of anilines is 1. The zero-order valence-electron chi connectivity index (χ0n) is 14.8. The SMILES string of the molecule is O=C(Cc1ccccc1Cl)Nc1cc(N=S(=O)=O)c2cn(CC3CC3)nc2c1. The van der Waals surface area contributed by atoms with E-state index in [-0.39, 0.29) is 18.0 Å². The Morgan fingerprint density at radius 1 is 1.29 bits per heavy atom. The van der Waals surface area contributed by atoms with Gasteiger partial charge in [0.1, 0.15) is 0 Å². The van der Waals surface area contributed by atoms with Crippen LogP contribution in [0.3, 0.4) is 0 Å². The number of rotatable bonds is 6. The van der Waals surface area contributed by atoms with Gasteiger partial charge in [0.15, 0.2) is 0 Å². The summed E-state index contributed by atoms with van der Waals surface area (Å²) in [5.41, 5.74) is 1.98. The molecule has 2 aromatic carbocycles. The molecule has 1 aliphatic rings. The molecule has 0 radical (unpaired) electrons. The summed E-state index contributed by atoms with van der Waals surface area (Å²) in [5, 5.41) is 8.44. The summed E-state index contributed by atoms with van der Waals surface area (Å²) in [6.45, 7) is 0.794. The Morgan fingerprint density at radius 3 is 2.79 bits per heavy atom. The van der Waals surface area contributed by atoms with Crippen molar-refractivity contribution in [3.63, 3.8) is 0 Å². The second kappa shape index (κ2) is 7.73. The Labute approximate surface area is 168 Å². The van der Waals surface area contributed by atoms with Crippen LogP contribution in [0.15, 0.2) is 47.0 Å². The molecule has 0 saturated heterocycles. The van der Waals surface area contributed by atoms with E-state index in [1.807, 2.05) is 10.7 Å². The van der Waals surface area contributed by atoms with E-state index < -0.39 is 10.5 Å². The molecule has 7 nitrogen and oxygen atoms in total. The van der Waals surface area contributed by atoms with Crippen LogP contribution in [0.2, 0.25) is 5.02 Å². The number of amides is 1. The topological polar surface area (TPSA) is 93.4 Å². The molecule has 4 rings (SSSR count). The number of aromatic nitrogens is 2. The van der Waals surface area contributed by atoms with Gasteiger partial charge in [-0.05, 0) is 42.5 Å². The molecule has 0 bridgehead atoms. The zero-order valence-corrected chi connectivity index (χ0v) is 16.4. The molecule has 0 aliphatic heterocycles. The third-order valence-corrected chi connectivity index (χ3v) is 5.27. The monoisotopic (exact) mass is 416 g/mol. The summed E-state index contributed by atoms with van der Waals surface area (Å²) in [7, 11) is -2.61. The van der Waals surface area contributed by atoms with Gasteiger partial charge >= 0.3 is 10.5 Å². The van der Waals surface area contributed by atoms with E-state index >= 15 is 0 Å². The molecule has 1 saturated carbocycles. The first-order chi connectivity index (χ1) is 13.5. The lowest BCUT2D eigenvalue weighted by molar-refractivity contribution is -0.115. The highest BCUT2D eigenvalue weighted by Crippen LogP contribution is 2.33. The molecule has 1 aromatic heterocycles. The zero-order chi connectivity index (χ0) is 19.7. The van der Waals surface area contributed by atoms with Crippen molar-refractivity contribution in [1.82, 2.24) is 9.78 Å². The summed E-state index contributed by atoms with van der Waals surface area (Å²) in [4.78, 5) is 12.4. The second-order valence-electron chi connectivity index (χ2n) is 6.85. The van der Waals surface area contributed by atoms with Gasteiger partial charge in [-0.2, -0.15) is 13.5 Å². The van der Waals surface area contributed by atoms with Crippen molar-refractivity contribution < 1.29 is 13.2 Å². The van der Waals surface area contributed by atoms with Gasteiger partial charge in [0.2, 0.25) is 5.91 Å². The van der Waals surface area contributed by atoms with Gasteiger partial charge in [-0.15, -0.1) is 4.36 Å². The first-order valence-corrected chi connectivity index (χ1v) is 10.2. The Hall–Kier alpha value is -2.71. The number of fused-ring (bicyclic) bond motifs is 1. The van der Waals surface area contributed by atoms with Crippen LogP contribution in [-0.2, 0) is 28.3 Å². The molecule has 1 amide bonds. The summed E-state index contributed by atoms with van der Waals surface area (Å²) in [5.74, 6) is 0.359. The maximum absolute atomic E-state index is 12.4. The lowest BCUT2D eigenvalue weighted by Gasteiger charge is -2.07. The van der Waals surface area contributed by atoms with E-state index in [0.717, 1.165) is 6.54 Å². The van der Waals surface area contributed by atoms with E-state index in [1.54, 1.807) is 30.5 Å². The van der Waals surface area contributed by atoms with Crippen LogP contribution in [0.25, 0.3) is 10.9 Å². The number of nitrogens with one attached hydrogen (secondary N) is 1. The number of carbonyl (C=O) groups excluding carboxylic acids is 1. The molecule has 3 aromatic rings. The maximum Gasteiger partial charge on any atom is 0.316 e. The molecule has 28 heavy (non-hydrogen) atoms. The van der Waals surface area contributed by atoms with Gasteiger partial charge in [-0.1, -0.05) is 29.8 Å². The fourth-order valence-electron chi connectivity index (χ4n) is 3.06. The van der Waals surface area contributed by atoms with Crippen molar-refractivity contribution in [3.05, 3.63) is 53.2 Å². The van der Waals surface area contributed by atoms with Crippen molar-refractivity contribution in [2.75, 3.05) is 5.32 Å². The molecule has 9 heteroatoms. The number of carbonyl (C=O) groups is 1. The third kappa shape index (κ3) is 4.40. The minimum atomic E-state index is -2.61. The van der Waals surface area contributed by atoms with Crippen LogP contribution in [0.4, 0.5) is 11.4 Å². The number of benzene rings is 2. The molecular weight excluding hydrogens is 400 g/mol. The van der Waals surface area contributed by atoms with Gasteiger partial charge in [0, 0.05) is 28.8 Å². The van der Waals surface area contributed by atoms with Gasteiger partial charge in [0.05, 0.1) is 17.6 Å². The predicted octanol–water partition coefficient (Wildman–Crippen LogP) is 3.98. The average Bonchev–Trinajstić information content (AvgIpc) is 3.34. The lowest BCUT2D eigenvalue weighted by atomic mass is 10.1. The van der Waals surface area contributed by atoms with Crippen LogP contribution in [0.1, 0.15) is 18.4 Å². The number of halogens is 1. The third-order valence-electron chi connectivity index (χ3n) is 4.56. The van der Waals surface area contributed by atoms with Gasteiger partial charge in [-0.3, -0.25) is 9.48 Å². The average molecular weight is 417 g/mol. The highest BCUT2D eigenvalue weighted by atomic mass is 35.5. The summed E-state index contributed by atoms with van der Waals surface area (Å²) in [6, 6.07) is 10.4. The first kappa shape index (κ1) is 18.6. The second-order valence-corrected chi connectivity index (χ2v) is 7.87. The van der Waals surface area contributed by atoms with Crippen molar-refractivity contribution >= 4 is 50.3 Å². The predicted molar refractivity (Wildman–Crippen MR) is 107 cm³/mol. The fourth-order valence-corrected chi connectivity index (χ4v) is 3.57. The van der Waals surface area contributed by atoms with Crippen LogP contribution >= 0.6 is 11.6 Å². The Bertz CT molecular complexity index is 1190. The summed E-state index contributed by atoms with van der Waals surface area (Å²) < 4.78 is 27.7. The van der Waals surface area contributed by atoms with Gasteiger partial charge < -0.3 is 5.32 Å². The van der Waals surface area contributed by atoms with Gasteiger partial charge in [-0.25, -0.2) is 0 Å². The Balaban J connectivity index is 1.63. The standard InChI is InChI=1S/C19H17ClN4O3S/c20-16-4-2-1-3-13(16)7-19(25)21-14-8-17-15(18(9-14)23-28(26)27)11-24(22-17)10-12-5-6-12/h1-4,8-9,11-12H,5-7,10H2,(H,21,25). The molecule has 0 unspecified atom stereocenters. The van der Waals surface area contributed by atoms with E-state index in [0.29, 0.717) is 33.1 Å². The quantitative estimate of drug-likeness (QED) is 0.657. The molecule has 1 N–H and O–H groups in total. The molecule has 1 aliphatic carbocycles. The van der Waals surface area contributed by atoms with Crippen molar-refractivity contribution in [2.24, 2.45) is 10.3 Å². The van der Waals surface area contributed by atoms with Crippen LogP contribution < -0.4 is 5.32 Å². The van der Waals surface area contributed by atoms with Crippen molar-refractivity contribution in [3.8, 4) is 0 Å². The lowest BCUT2D eigenvalue weighted by Crippen LogP contribution is -2.14. The van der Waals surface area contributed by atoms with E-state index in [9.17, 15) is 13.2 Å². The van der Waals surface area contributed by atoms with Crippen LogP contribution in [0, 0.1) is 5.92 Å². The van der Waals surface area contributed by atoms with Crippen molar-refractivity contribution in [2.45, 2.75) is 25.8 Å². The molecule has 1 heterocycles. The molecule has 1 fully saturated rings. The van der Waals surface area contributed by atoms with E-state index in [2.05, 4.69) is 14.8 Å². The summed E-state index contributed by atoms with van der Waals surface area (Å²) in [6.07, 6.45) is 4.27. The molecular formula is C19H17ClN4O3S. The smallest absolute Gasteiger partial charge is 0.316 e. The molecule has 144 valence electrons. The normalized spacial score (nSPS) is 13.5. The van der Waals surface area contributed by atoms with Crippen LogP contribution in [0.5, 0.6) is 0 Å². The highest BCUT2D eigenvalue weighted by Gasteiger charge is 2.22. The van der Waals surface area contributed by atoms with E-state index in [1.165, 1.54) is 18.9 Å². The molecule has 0 spiro atoms. The number of hydrogen-bond donors (Lipinski definition) is 1. The molecule has 0 atom stereocenters. The van der Waals surface area contributed by atoms with Crippen molar-refractivity contribution in [1.29, 1.82) is 0 Å². The van der Waals surface area contributed by atoms with Crippen LogP contribution in [-0.4, -0.2) is 24.1 Å². The minimum absolute atomic E-state index is 0.105. The number of hydrogen-bond acceptors (Lipinski definition) is 5. The van der Waals surface area contributed by atoms with Gasteiger partial charge in [0.25, 0.3) is 0 Å².